The van der Waals surface area contributed by atoms with Gasteiger partial charge in [0.15, 0.2) is 0 Å². The van der Waals surface area contributed by atoms with Crippen LogP contribution in [0, 0.1) is 0 Å². The summed E-state index contributed by atoms with van der Waals surface area (Å²) in [5.74, 6) is 0.780. The molecule has 0 bridgehead atoms. The average molecular weight is 302 g/mol. The zero-order valence-corrected chi connectivity index (χ0v) is 13.5. The summed E-state index contributed by atoms with van der Waals surface area (Å²) in [6.45, 7) is 7.32. The number of fused-ring (bicyclic) bond motifs is 1. The van der Waals surface area contributed by atoms with Crippen LogP contribution in [0.15, 0.2) is 36.5 Å². The van der Waals surface area contributed by atoms with E-state index in [4.69, 9.17) is 4.74 Å². The number of hydrogen-bond donors (Lipinski definition) is 1. The van der Waals surface area contributed by atoms with Crippen molar-refractivity contribution in [2.45, 2.75) is 32.8 Å². The minimum Gasteiger partial charge on any atom is -0.490 e. The van der Waals surface area contributed by atoms with Crippen molar-refractivity contribution in [1.82, 2.24) is 9.88 Å². The Morgan fingerprint density at radius 3 is 2.64 bits per heavy atom. The predicted molar refractivity (Wildman–Crippen MR) is 90.3 cm³/mol. The van der Waals surface area contributed by atoms with Crippen LogP contribution < -0.4 is 4.74 Å². The van der Waals surface area contributed by atoms with Gasteiger partial charge in [0.2, 0.25) is 0 Å². The SMILES string of the molecule is CCCN(CCC)CC(O)COc1cccc2ncccc12. The minimum atomic E-state index is -0.481. The van der Waals surface area contributed by atoms with Gasteiger partial charge in [-0.05, 0) is 50.2 Å². The van der Waals surface area contributed by atoms with E-state index in [9.17, 15) is 5.11 Å². The molecule has 1 aromatic heterocycles. The summed E-state index contributed by atoms with van der Waals surface area (Å²) in [5.41, 5.74) is 0.910. The quantitative estimate of drug-likeness (QED) is 0.773. The van der Waals surface area contributed by atoms with Gasteiger partial charge in [-0.2, -0.15) is 0 Å². The molecule has 1 unspecified atom stereocenters. The molecule has 1 N–H and O–H groups in total. The monoisotopic (exact) mass is 302 g/mol. The summed E-state index contributed by atoms with van der Waals surface area (Å²) in [7, 11) is 0. The zero-order chi connectivity index (χ0) is 15.8. The molecule has 0 saturated carbocycles. The second-order valence-electron chi connectivity index (χ2n) is 5.59. The highest BCUT2D eigenvalue weighted by molar-refractivity contribution is 5.84. The van der Waals surface area contributed by atoms with Crippen LogP contribution in [0.1, 0.15) is 26.7 Å². The molecule has 0 aliphatic carbocycles. The first-order chi connectivity index (χ1) is 10.7. The molecule has 4 nitrogen and oxygen atoms in total. The highest BCUT2D eigenvalue weighted by Gasteiger charge is 2.12. The van der Waals surface area contributed by atoms with Crippen molar-refractivity contribution in [1.29, 1.82) is 0 Å². The van der Waals surface area contributed by atoms with Crippen molar-refractivity contribution in [2.75, 3.05) is 26.2 Å². The second-order valence-corrected chi connectivity index (χ2v) is 5.59. The van der Waals surface area contributed by atoms with Crippen LogP contribution in [-0.2, 0) is 0 Å². The van der Waals surface area contributed by atoms with Crippen LogP contribution in [0.2, 0.25) is 0 Å². The number of aromatic nitrogens is 1. The number of rotatable bonds is 9. The summed E-state index contributed by atoms with van der Waals surface area (Å²) in [6, 6.07) is 9.70. The van der Waals surface area contributed by atoms with Crippen molar-refractivity contribution in [3.63, 3.8) is 0 Å². The Balaban J connectivity index is 1.93. The molecular formula is C18H26N2O2. The third kappa shape index (κ3) is 4.68. The number of nitrogens with zero attached hydrogens (tertiary/aromatic N) is 2. The first kappa shape index (κ1) is 16.7. The largest absolute Gasteiger partial charge is 0.490 e. The van der Waals surface area contributed by atoms with Gasteiger partial charge >= 0.3 is 0 Å². The normalized spacial score (nSPS) is 12.7. The molecule has 0 spiro atoms. The standard InChI is InChI=1S/C18H26N2O2/c1-3-11-20(12-4-2)13-15(21)14-22-18-9-5-8-17-16(18)7-6-10-19-17/h5-10,15,21H,3-4,11-14H2,1-2H3. The summed E-state index contributed by atoms with van der Waals surface area (Å²) < 4.78 is 5.82. The number of aliphatic hydroxyl groups excluding tert-OH is 1. The smallest absolute Gasteiger partial charge is 0.128 e. The highest BCUT2D eigenvalue weighted by Crippen LogP contribution is 2.23. The highest BCUT2D eigenvalue weighted by atomic mass is 16.5. The van der Waals surface area contributed by atoms with E-state index < -0.39 is 6.10 Å². The van der Waals surface area contributed by atoms with E-state index in [2.05, 4.69) is 23.7 Å². The molecule has 1 heterocycles. The zero-order valence-electron chi connectivity index (χ0n) is 13.5. The molecule has 0 saturated heterocycles. The van der Waals surface area contributed by atoms with Crippen LogP contribution in [-0.4, -0.2) is 47.3 Å². The Kier molecular flexibility index (Phi) is 6.62. The molecule has 0 aliphatic heterocycles. The fourth-order valence-corrected chi connectivity index (χ4v) is 2.66. The molecule has 2 aromatic rings. The molecule has 0 amide bonds. The third-order valence-electron chi connectivity index (χ3n) is 3.59. The number of hydrogen-bond acceptors (Lipinski definition) is 4. The fraction of sp³-hybridized carbons (Fsp3) is 0.500. The van der Waals surface area contributed by atoms with Crippen LogP contribution in [0.5, 0.6) is 5.75 Å². The molecule has 1 atom stereocenters. The molecule has 120 valence electrons. The minimum absolute atomic E-state index is 0.304. The maximum absolute atomic E-state index is 10.2. The fourth-order valence-electron chi connectivity index (χ4n) is 2.66. The Bertz CT molecular complexity index is 563. The Hall–Kier alpha value is -1.65. The number of benzene rings is 1. The van der Waals surface area contributed by atoms with Gasteiger partial charge in [0.25, 0.3) is 0 Å². The number of pyridine rings is 1. The summed E-state index contributed by atoms with van der Waals surface area (Å²) in [5, 5.41) is 11.2. The lowest BCUT2D eigenvalue weighted by Gasteiger charge is -2.24. The van der Waals surface area contributed by atoms with Crippen LogP contribution in [0.4, 0.5) is 0 Å². The lowest BCUT2D eigenvalue weighted by molar-refractivity contribution is 0.0687. The van der Waals surface area contributed by atoms with E-state index in [1.54, 1.807) is 6.20 Å². The average Bonchev–Trinajstić information content (AvgIpc) is 2.53. The molecule has 22 heavy (non-hydrogen) atoms. The Morgan fingerprint density at radius 1 is 1.14 bits per heavy atom. The van der Waals surface area contributed by atoms with E-state index >= 15 is 0 Å². The molecule has 0 radical (unpaired) electrons. The van der Waals surface area contributed by atoms with E-state index in [0.717, 1.165) is 42.6 Å². The van der Waals surface area contributed by atoms with Gasteiger partial charge in [-0.3, -0.25) is 4.98 Å². The van der Waals surface area contributed by atoms with Gasteiger partial charge in [-0.25, -0.2) is 0 Å². The van der Waals surface area contributed by atoms with Crippen LogP contribution in [0.25, 0.3) is 10.9 Å². The van der Waals surface area contributed by atoms with Gasteiger partial charge in [0.1, 0.15) is 18.5 Å². The molecule has 1 aromatic carbocycles. The van der Waals surface area contributed by atoms with Gasteiger partial charge in [0.05, 0.1) is 5.52 Å². The number of ether oxygens (including phenoxy) is 1. The van der Waals surface area contributed by atoms with E-state index in [1.165, 1.54) is 0 Å². The topological polar surface area (TPSA) is 45.6 Å². The van der Waals surface area contributed by atoms with Crippen molar-refractivity contribution in [2.24, 2.45) is 0 Å². The van der Waals surface area contributed by atoms with Crippen LogP contribution >= 0.6 is 0 Å². The Labute approximate surface area is 132 Å². The maximum Gasteiger partial charge on any atom is 0.128 e. The van der Waals surface area contributed by atoms with E-state index in [0.29, 0.717) is 13.2 Å². The molecule has 2 rings (SSSR count). The summed E-state index contributed by atoms with van der Waals surface area (Å²) in [4.78, 5) is 6.61. The van der Waals surface area contributed by atoms with Gasteiger partial charge in [-0.15, -0.1) is 0 Å². The number of aliphatic hydroxyl groups is 1. The molecule has 0 fully saturated rings. The van der Waals surface area contributed by atoms with Gasteiger partial charge in [-0.1, -0.05) is 19.9 Å². The molecule has 4 heteroatoms. The Morgan fingerprint density at radius 2 is 1.91 bits per heavy atom. The van der Waals surface area contributed by atoms with Gasteiger partial charge < -0.3 is 14.7 Å². The first-order valence-electron chi connectivity index (χ1n) is 8.11. The van der Waals surface area contributed by atoms with Crippen molar-refractivity contribution < 1.29 is 9.84 Å². The van der Waals surface area contributed by atoms with Crippen molar-refractivity contribution in [3.05, 3.63) is 36.5 Å². The summed E-state index contributed by atoms with van der Waals surface area (Å²) in [6.07, 6.45) is 3.49. The first-order valence-corrected chi connectivity index (χ1v) is 8.11. The second kappa shape index (κ2) is 8.71. The van der Waals surface area contributed by atoms with E-state index in [-0.39, 0.29) is 0 Å². The van der Waals surface area contributed by atoms with Gasteiger partial charge in [0, 0.05) is 18.1 Å². The molecule has 0 aliphatic rings. The van der Waals surface area contributed by atoms with Crippen molar-refractivity contribution in [3.8, 4) is 5.75 Å². The summed E-state index contributed by atoms with van der Waals surface area (Å²) >= 11 is 0. The predicted octanol–water partition coefficient (Wildman–Crippen LogP) is 3.10. The van der Waals surface area contributed by atoms with Crippen molar-refractivity contribution >= 4 is 10.9 Å². The lowest BCUT2D eigenvalue weighted by atomic mass is 10.2. The molecular weight excluding hydrogens is 276 g/mol. The maximum atomic E-state index is 10.2. The van der Waals surface area contributed by atoms with E-state index in [1.807, 2.05) is 30.3 Å². The van der Waals surface area contributed by atoms with Crippen LogP contribution in [0.3, 0.4) is 0 Å². The lowest BCUT2D eigenvalue weighted by Crippen LogP contribution is -2.36. The third-order valence-corrected chi connectivity index (χ3v) is 3.59.